The second-order valence-electron chi connectivity index (χ2n) is 6.38. The summed E-state index contributed by atoms with van der Waals surface area (Å²) < 4.78 is 11.1. The van der Waals surface area contributed by atoms with Gasteiger partial charge in [-0.1, -0.05) is 41.9 Å². The van der Waals surface area contributed by atoms with Crippen molar-refractivity contribution in [3.05, 3.63) is 88.9 Å². The number of ether oxygens (including phenoxy) is 2. The Kier molecular flexibility index (Phi) is 8.20. The molecule has 3 rings (SSSR count). The lowest BCUT2D eigenvalue weighted by molar-refractivity contribution is -0.123. The van der Waals surface area contributed by atoms with Crippen LogP contribution in [-0.2, 0) is 11.4 Å². The lowest BCUT2D eigenvalue weighted by Crippen LogP contribution is -2.43. The van der Waals surface area contributed by atoms with E-state index in [9.17, 15) is 9.59 Å². The predicted octanol–water partition coefficient (Wildman–Crippen LogP) is 4.48. The molecule has 0 spiro atoms. The third-order valence-electron chi connectivity index (χ3n) is 4.18. The Bertz CT molecular complexity index is 1030. The number of hydrogen-bond donors (Lipinski definition) is 2. The second kappa shape index (κ2) is 11.3. The first-order chi connectivity index (χ1) is 15.0. The first-order valence-corrected chi connectivity index (χ1v) is 11.0. The molecule has 2 N–H and O–H groups in total. The maximum Gasteiger partial charge on any atom is 0.276 e. The summed E-state index contributed by atoms with van der Waals surface area (Å²) in [4.78, 5) is 25.1. The molecule has 0 aliphatic heterocycles. The van der Waals surface area contributed by atoms with Crippen molar-refractivity contribution in [1.29, 1.82) is 0 Å². The van der Waals surface area contributed by atoms with Gasteiger partial charge in [0.1, 0.15) is 18.1 Å². The summed E-state index contributed by atoms with van der Waals surface area (Å²) in [6.07, 6.45) is 1.89. The monoisotopic (exact) mass is 456 g/mol. The summed E-state index contributed by atoms with van der Waals surface area (Å²) >= 11 is 7.54. The smallest absolute Gasteiger partial charge is 0.276 e. The fraction of sp³-hybridized carbons (Fsp3) is 0.130. The number of carbonyl (C=O) groups is 2. The van der Waals surface area contributed by atoms with E-state index < -0.39 is 11.8 Å². The lowest BCUT2D eigenvalue weighted by atomic mass is 10.2. The number of carbonyl (C=O) groups excluding carboxylic acids is 2. The van der Waals surface area contributed by atoms with Crippen LogP contribution in [0, 0.1) is 0 Å². The van der Waals surface area contributed by atoms with Crippen molar-refractivity contribution in [2.24, 2.45) is 0 Å². The second-order valence-corrected chi connectivity index (χ2v) is 7.67. The van der Waals surface area contributed by atoms with Crippen LogP contribution in [0.5, 0.6) is 11.5 Å². The van der Waals surface area contributed by atoms with Crippen LogP contribution < -0.4 is 20.3 Å². The lowest BCUT2D eigenvalue weighted by Gasteiger charge is -2.11. The number of amides is 2. The number of hydrazine groups is 1. The van der Waals surface area contributed by atoms with E-state index in [4.69, 9.17) is 21.1 Å². The number of rotatable bonds is 8. The molecule has 31 heavy (non-hydrogen) atoms. The van der Waals surface area contributed by atoms with Crippen molar-refractivity contribution in [2.75, 3.05) is 12.9 Å². The summed E-state index contributed by atoms with van der Waals surface area (Å²) in [5.74, 6) is 0.186. The van der Waals surface area contributed by atoms with E-state index in [1.807, 2.05) is 42.7 Å². The van der Waals surface area contributed by atoms with Crippen LogP contribution in [0.1, 0.15) is 15.9 Å². The Hall–Kier alpha value is -3.16. The zero-order valence-corrected chi connectivity index (χ0v) is 18.3. The summed E-state index contributed by atoms with van der Waals surface area (Å²) in [5.41, 5.74) is 6.00. The fourth-order valence-corrected chi connectivity index (χ4v) is 3.20. The largest absolute Gasteiger partial charge is 0.489 e. The normalized spacial score (nSPS) is 10.3. The fourth-order valence-electron chi connectivity index (χ4n) is 2.56. The highest BCUT2D eigenvalue weighted by Gasteiger charge is 2.12. The van der Waals surface area contributed by atoms with Crippen LogP contribution in [0.2, 0.25) is 5.02 Å². The van der Waals surface area contributed by atoms with Crippen LogP contribution in [-0.4, -0.2) is 24.7 Å². The molecule has 0 heterocycles. The highest BCUT2D eigenvalue weighted by Crippen LogP contribution is 2.23. The van der Waals surface area contributed by atoms with Crippen molar-refractivity contribution < 1.29 is 19.1 Å². The molecule has 6 nitrogen and oxygen atoms in total. The topological polar surface area (TPSA) is 76.7 Å². The number of nitrogens with one attached hydrogen (secondary N) is 2. The Labute approximate surface area is 189 Å². The molecule has 0 bridgehead atoms. The third kappa shape index (κ3) is 6.94. The molecule has 0 fully saturated rings. The van der Waals surface area contributed by atoms with Gasteiger partial charge in [0.2, 0.25) is 0 Å². The summed E-state index contributed by atoms with van der Waals surface area (Å²) in [6.45, 7) is 0.204. The van der Waals surface area contributed by atoms with E-state index in [2.05, 4.69) is 10.9 Å². The van der Waals surface area contributed by atoms with Gasteiger partial charge in [-0.15, -0.1) is 11.8 Å². The van der Waals surface area contributed by atoms with Crippen LogP contribution >= 0.6 is 23.4 Å². The minimum Gasteiger partial charge on any atom is -0.489 e. The molecule has 3 aromatic rings. The first kappa shape index (κ1) is 22.5. The van der Waals surface area contributed by atoms with Gasteiger partial charge in [-0.3, -0.25) is 20.4 Å². The molecular formula is C23H21ClN2O4S. The van der Waals surface area contributed by atoms with E-state index >= 15 is 0 Å². The van der Waals surface area contributed by atoms with E-state index in [1.165, 1.54) is 11.8 Å². The third-order valence-corrected chi connectivity index (χ3v) is 5.23. The van der Waals surface area contributed by atoms with Gasteiger partial charge < -0.3 is 9.47 Å². The Morgan fingerprint density at radius 2 is 1.58 bits per heavy atom. The van der Waals surface area contributed by atoms with Gasteiger partial charge >= 0.3 is 0 Å². The maximum absolute atomic E-state index is 12.2. The zero-order valence-electron chi connectivity index (χ0n) is 16.8. The van der Waals surface area contributed by atoms with E-state index in [0.717, 1.165) is 10.5 Å². The van der Waals surface area contributed by atoms with Crippen LogP contribution in [0.15, 0.2) is 77.7 Å². The minimum absolute atomic E-state index is 0.261. The van der Waals surface area contributed by atoms with Crippen molar-refractivity contribution in [3.63, 3.8) is 0 Å². The van der Waals surface area contributed by atoms with Gasteiger partial charge in [0.25, 0.3) is 11.8 Å². The molecule has 160 valence electrons. The Morgan fingerprint density at radius 1 is 0.903 bits per heavy atom. The quantitative estimate of drug-likeness (QED) is 0.386. The molecule has 8 heteroatoms. The average molecular weight is 457 g/mol. The highest BCUT2D eigenvalue weighted by atomic mass is 35.5. The Morgan fingerprint density at radius 3 is 2.26 bits per heavy atom. The van der Waals surface area contributed by atoms with E-state index in [1.54, 1.807) is 36.4 Å². The van der Waals surface area contributed by atoms with Crippen molar-refractivity contribution >= 4 is 35.2 Å². The van der Waals surface area contributed by atoms with Crippen molar-refractivity contribution in [3.8, 4) is 11.5 Å². The summed E-state index contributed by atoms with van der Waals surface area (Å²) in [7, 11) is 0. The zero-order chi connectivity index (χ0) is 22.1. The highest BCUT2D eigenvalue weighted by molar-refractivity contribution is 7.98. The molecular weight excluding hydrogens is 436 g/mol. The predicted molar refractivity (Wildman–Crippen MR) is 122 cm³/mol. The van der Waals surface area contributed by atoms with Crippen molar-refractivity contribution in [2.45, 2.75) is 11.5 Å². The van der Waals surface area contributed by atoms with Crippen LogP contribution in [0.3, 0.4) is 0 Å². The number of thioether (sulfide) groups is 1. The van der Waals surface area contributed by atoms with Crippen LogP contribution in [0.4, 0.5) is 0 Å². The number of halogens is 1. The molecule has 0 aromatic heterocycles. The van der Waals surface area contributed by atoms with Gasteiger partial charge in [0, 0.05) is 4.90 Å². The molecule has 0 radical (unpaired) electrons. The van der Waals surface area contributed by atoms with Gasteiger partial charge in [-0.2, -0.15) is 0 Å². The molecule has 3 aromatic carbocycles. The minimum atomic E-state index is -0.505. The molecule has 0 saturated heterocycles. The van der Waals surface area contributed by atoms with E-state index in [-0.39, 0.29) is 12.2 Å². The van der Waals surface area contributed by atoms with Gasteiger partial charge in [0.05, 0.1) is 10.6 Å². The molecule has 0 atom stereocenters. The summed E-state index contributed by atoms with van der Waals surface area (Å²) in [6, 6.07) is 21.9. The standard InChI is InChI=1S/C23H21ClN2O4S/c1-31-19-11-12-21(24)20(13-19)23(28)26-25-22(27)15-30-18-9-7-17(8-10-18)29-14-16-5-3-2-4-6-16/h2-13H,14-15H2,1H3,(H,25,27)(H,26,28). The maximum atomic E-state index is 12.2. The van der Waals surface area contributed by atoms with Gasteiger partial charge in [-0.25, -0.2) is 0 Å². The molecule has 0 aliphatic rings. The van der Waals surface area contributed by atoms with Crippen LogP contribution in [0.25, 0.3) is 0 Å². The number of hydrogen-bond acceptors (Lipinski definition) is 5. The molecule has 0 unspecified atom stereocenters. The van der Waals surface area contributed by atoms with Crippen molar-refractivity contribution in [1.82, 2.24) is 10.9 Å². The average Bonchev–Trinajstić information content (AvgIpc) is 2.81. The first-order valence-electron chi connectivity index (χ1n) is 9.37. The SMILES string of the molecule is CSc1ccc(Cl)c(C(=O)NNC(=O)COc2ccc(OCc3ccccc3)cc2)c1. The Balaban J connectivity index is 1.42. The van der Waals surface area contributed by atoms with Gasteiger partial charge in [-0.05, 0) is 54.3 Å². The van der Waals surface area contributed by atoms with Gasteiger partial charge in [0.15, 0.2) is 6.61 Å². The van der Waals surface area contributed by atoms with E-state index in [0.29, 0.717) is 23.1 Å². The molecule has 2 amide bonds. The molecule has 0 aliphatic carbocycles. The number of benzene rings is 3. The summed E-state index contributed by atoms with van der Waals surface area (Å²) in [5, 5.41) is 0.301. The molecule has 0 saturated carbocycles.